The van der Waals surface area contributed by atoms with Crippen LogP contribution in [0.25, 0.3) is 10.2 Å². The SMILES string of the molecule is COC(=O)c1ccc2nc(NC(=O)C3CC3)sc2c1. The molecule has 0 bridgehead atoms. The number of hydrogen-bond acceptors (Lipinski definition) is 5. The lowest BCUT2D eigenvalue weighted by Crippen LogP contribution is -2.12. The Labute approximate surface area is 113 Å². The molecule has 19 heavy (non-hydrogen) atoms. The molecule has 1 aliphatic rings. The topological polar surface area (TPSA) is 68.3 Å². The van der Waals surface area contributed by atoms with Crippen molar-refractivity contribution >= 4 is 38.6 Å². The summed E-state index contributed by atoms with van der Waals surface area (Å²) in [6.45, 7) is 0. The van der Waals surface area contributed by atoms with Crippen molar-refractivity contribution in [2.75, 3.05) is 12.4 Å². The summed E-state index contributed by atoms with van der Waals surface area (Å²) in [7, 11) is 1.35. The number of fused-ring (bicyclic) bond motifs is 1. The Morgan fingerprint density at radius 3 is 2.89 bits per heavy atom. The molecule has 5 nitrogen and oxygen atoms in total. The molecule has 1 aromatic heterocycles. The van der Waals surface area contributed by atoms with Crippen LogP contribution < -0.4 is 5.32 Å². The molecule has 1 aliphatic carbocycles. The molecule has 1 aromatic carbocycles. The fourth-order valence-electron chi connectivity index (χ4n) is 1.78. The van der Waals surface area contributed by atoms with Crippen molar-refractivity contribution in [3.63, 3.8) is 0 Å². The number of nitrogens with one attached hydrogen (secondary N) is 1. The number of aromatic nitrogens is 1. The van der Waals surface area contributed by atoms with Crippen LogP contribution in [0.3, 0.4) is 0 Å². The van der Waals surface area contributed by atoms with E-state index in [0.717, 1.165) is 23.1 Å². The van der Waals surface area contributed by atoms with E-state index in [1.807, 2.05) is 0 Å². The fourth-order valence-corrected chi connectivity index (χ4v) is 2.68. The molecule has 98 valence electrons. The predicted octanol–water partition coefficient (Wildman–Crippen LogP) is 2.43. The van der Waals surface area contributed by atoms with Gasteiger partial charge in [0.1, 0.15) is 0 Å². The van der Waals surface area contributed by atoms with Gasteiger partial charge in [-0.15, -0.1) is 0 Å². The second kappa shape index (κ2) is 4.62. The van der Waals surface area contributed by atoms with Crippen LogP contribution in [0, 0.1) is 5.92 Å². The van der Waals surface area contributed by atoms with Gasteiger partial charge >= 0.3 is 5.97 Å². The zero-order chi connectivity index (χ0) is 13.4. The first-order valence-electron chi connectivity index (χ1n) is 5.97. The number of carbonyl (C=O) groups is 2. The van der Waals surface area contributed by atoms with Crippen LogP contribution in [-0.2, 0) is 9.53 Å². The number of rotatable bonds is 3. The third kappa shape index (κ3) is 2.44. The van der Waals surface area contributed by atoms with E-state index in [1.54, 1.807) is 18.2 Å². The summed E-state index contributed by atoms with van der Waals surface area (Å²) in [4.78, 5) is 27.4. The number of nitrogens with zero attached hydrogens (tertiary/aromatic N) is 1. The Hall–Kier alpha value is -1.95. The second-order valence-corrected chi connectivity index (χ2v) is 5.49. The van der Waals surface area contributed by atoms with Gasteiger partial charge in [0.2, 0.25) is 5.91 Å². The molecule has 2 aromatic rings. The molecule has 1 saturated carbocycles. The Kier molecular flexibility index (Phi) is 2.94. The number of methoxy groups -OCH3 is 1. The van der Waals surface area contributed by atoms with Crippen LogP contribution in [0.1, 0.15) is 23.2 Å². The Bertz CT molecular complexity index is 661. The highest BCUT2D eigenvalue weighted by Crippen LogP contribution is 2.32. The lowest BCUT2D eigenvalue weighted by molar-refractivity contribution is -0.117. The van der Waals surface area contributed by atoms with E-state index in [0.29, 0.717) is 10.7 Å². The number of ether oxygens (including phenoxy) is 1. The molecule has 0 saturated heterocycles. The maximum atomic E-state index is 11.7. The number of benzene rings is 1. The Morgan fingerprint density at radius 2 is 2.21 bits per heavy atom. The highest BCUT2D eigenvalue weighted by molar-refractivity contribution is 7.22. The molecular formula is C13H12N2O3S. The van der Waals surface area contributed by atoms with Crippen molar-refractivity contribution in [1.82, 2.24) is 4.98 Å². The summed E-state index contributed by atoms with van der Waals surface area (Å²) in [5.41, 5.74) is 1.25. The van der Waals surface area contributed by atoms with Gasteiger partial charge in [0.05, 0.1) is 22.9 Å². The summed E-state index contributed by atoms with van der Waals surface area (Å²) in [6, 6.07) is 5.15. The molecule has 1 amide bonds. The number of carbonyl (C=O) groups excluding carboxylic acids is 2. The minimum Gasteiger partial charge on any atom is -0.465 e. The lowest BCUT2D eigenvalue weighted by Gasteiger charge is -1.97. The van der Waals surface area contributed by atoms with Crippen molar-refractivity contribution in [3.05, 3.63) is 23.8 Å². The summed E-state index contributed by atoms with van der Waals surface area (Å²) in [5.74, 6) is -0.191. The molecule has 6 heteroatoms. The zero-order valence-electron chi connectivity index (χ0n) is 10.3. The predicted molar refractivity (Wildman–Crippen MR) is 72.3 cm³/mol. The summed E-state index contributed by atoms with van der Waals surface area (Å²) in [5, 5.41) is 3.39. The van der Waals surface area contributed by atoms with E-state index in [-0.39, 0.29) is 17.8 Å². The van der Waals surface area contributed by atoms with Gasteiger partial charge in [-0.2, -0.15) is 0 Å². The average Bonchev–Trinajstić information content (AvgIpc) is 3.18. The van der Waals surface area contributed by atoms with Gasteiger partial charge in [-0.05, 0) is 31.0 Å². The van der Waals surface area contributed by atoms with Crippen molar-refractivity contribution in [2.45, 2.75) is 12.8 Å². The van der Waals surface area contributed by atoms with Crippen LogP contribution in [-0.4, -0.2) is 24.0 Å². The van der Waals surface area contributed by atoms with Gasteiger partial charge in [0.15, 0.2) is 5.13 Å². The summed E-state index contributed by atoms with van der Waals surface area (Å²) < 4.78 is 5.53. The molecule has 0 unspecified atom stereocenters. The average molecular weight is 276 g/mol. The maximum Gasteiger partial charge on any atom is 0.337 e. The molecule has 0 atom stereocenters. The van der Waals surface area contributed by atoms with Gasteiger partial charge in [-0.3, -0.25) is 4.79 Å². The number of esters is 1. The Balaban J connectivity index is 1.87. The van der Waals surface area contributed by atoms with E-state index in [4.69, 9.17) is 0 Å². The largest absolute Gasteiger partial charge is 0.465 e. The van der Waals surface area contributed by atoms with Crippen molar-refractivity contribution in [1.29, 1.82) is 0 Å². The molecule has 3 rings (SSSR count). The van der Waals surface area contributed by atoms with E-state index >= 15 is 0 Å². The lowest BCUT2D eigenvalue weighted by atomic mass is 10.2. The van der Waals surface area contributed by atoms with Crippen molar-refractivity contribution in [3.8, 4) is 0 Å². The molecule has 0 radical (unpaired) electrons. The standard InChI is InChI=1S/C13H12N2O3S/c1-18-12(17)8-4-5-9-10(6-8)19-13(14-9)15-11(16)7-2-3-7/h4-7H,2-3H2,1H3,(H,14,15,16). The number of hydrogen-bond donors (Lipinski definition) is 1. The number of anilines is 1. The quantitative estimate of drug-likeness (QED) is 0.874. The van der Waals surface area contributed by atoms with E-state index < -0.39 is 0 Å². The minimum absolute atomic E-state index is 0.0345. The summed E-state index contributed by atoms with van der Waals surface area (Å²) >= 11 is 1.36. The van der Waals surface area contributed by atoms with E-state index in [1.165, 1.54) is 18.4 Å². The third-order valence-electron chi connectivity index (χ3n) is 2.99. The highest BCUT2D eigenvalue weighted by atomic mass is 32.1. The first-order valence-corrected chi connectivity index (χ1v) is 6.79. The monoisotopic (exact) mass is 276 g/mol. The van der Waals surface area contributed by atoms with E-state index in [2.05, 4.69) is 15.0 Å². The molecule has 1 heterocycles. The first kappa shape index (κ1) is 12.1. The van der Waals surface area contributed by atoms with Gasteiger partial charge in [-0.25, -0.2) is 9.78 Å². The van der Waals surface area contributed by atoms with Gasteiger partial charge in [0.25, 0.3) is 0 Å². The van der Waals surface area contributed by atoms with Crippen molar-refractivity contribution < 1.29 is 14.3 Å². The van der Waals surface area contributed by atoms with Crippen LogP contribution in [0.5, 0.6) is 0 Å². The normalized spacial score (nSPS) is 14.4. The zero-order valence-corrected chi connectivity index (χ0v) is 11.1. The highest BCUT2D eigenvalue weighted by Gasteiger charge is 2.30. The molecular weight excluding hydrogens is 264 g/mol. The van der Waals surface area contributed by atoms with Crippen LogP contribution >= 0.6 is 11.3 Å². The summed E-state index contributed by atoms with van der Waals surface area (Å²) in [6.07, 6.45) is 1.92. The molecule has 0 aliphatic heterocycles. The van der Waals surface area contributed by atoms with Crippen LogP contribution in [0.2, 0.25) is 0 Å². The maximum absolute atomic E-state index is 11.7. The molecule has 0 spiro atoms. The fraction of sp³-hybridized carbons (Fsp3) is 0.308. The van der Waals surface area contributed by atoms with Gasteiger partial charge in [0, 0.05) is 5.92 Å². The van der Waals surface area contributed by atoms with Gasteiger partial charge < -0.3 is 10.1 Å². The van der Waals surface area contributed by atoms with Crippen molar-refractivity contribution in [2.24, 2.45) is 5.92 Å². The van der Waals surface area contributed by atoms with Crippen LogP contribution in [0.4, 0.5) is 5.13 Å². The number of thiazole rings is 1. The number of amides is 1. The van der Waals surface area contributed by atoms with E-state index in [9.17, 15) is 9.59 Å². The second-order valence-electron chi connectivity index (χ2n) is 4.46. The minimum atomic E-state index is -0.376. The van der Waals surface area contributed by atoms with Crippen LogP contribution in [0.15, 0.2) is 18.2 Å². The smallest absolute Gasteiger partial charge is 0.337 e. The first-order chi connectivity index (χ1) is 9.17. The van der Waals surface area contributed by atoms with Gasteiger partial charge in [-0.1, -0.05) is 11.3 Å². The third-order valence-corrected chi connectivity index (χ3v) is 3.92. The molecule has 1 N–H and O–H groups in total. The molecule has 1 fully saturated rings. The Morgan fingerprint density at radius 1 is 1.42 bits per heavy atom.